The molecule has 0 spiro atoms. The quantitative estimate of drug-likeness (QED) is 0.358. The molecule has 3 nitrogen and oxygen atoms in total. The van der Waals surface area contributed by atoms with Crippen LogP contribution in [0.5, 0.6) is 0 Å². The predicted octanol–water partition coefficient (Wildman–Crippen LogP) is 6.23. The van der Waals surface area contributed by atoms with Crippen LogP contribution in [0, 0.1) is 46.3 Å². The molecule has 0 amide bonds. The highest BCUT2D eigenvalue weighted by Gasteiger charge is 2.66. The molecule has 5 fully saturated rings. The standard InChI is InChI=1S/C29H45NO2/c1-17-6-9-25-18(2)27-26(30(25)16-17)15-24-22-8-7-20-14-21(32-19(3)31)10-12-28(20,4)23(22)11-13-29(24,27)5/h7,17-18,21-27H,6,8-16H2,1-5H3/t17-,18+,21?,22+,23-,24-,25+,26-,27-,28-,29-/m0/s1. The Bertz CT molecular complexity index is 820. The summed E-state index contributed by atoms with van der Waals surface area (Å²) in [7, 11) is 0. The summed E-state index contributed by atoms with van der Waals surface area (Å²) in [5, 5.41) is 0. The van der Waals surface area contributed by atoms with Crippen LogP contribution in [0.25, 0.3) is 0 Å². The Kier molecular flexibility index (Phi) is 4.97. The number of esters is 1. The average molecular weight is 440 g/mol. The molecule has 1 unspecified atom stereocenters. The van der Waals surface area contributed by atoms with Gasteiger partial charge in [0.25, 0.3) is 0 Å². The lowest BCUT2D eigenvalue weighted by molar-refractivity contribution is -0.148. The van der Waals surface area contributed by atoms with Gasteiger partial charge in [0.1, 0.15) is 6.10 Å². The maximum atomic E-state index is 11.5. The minimum atomic E-state index is -0.113. The molecule has 0 aromatic heterocycles. The van der Waals surface area contributed by atoms with E-state index in [1.54, 1.807) is 12.5 Å². The summed E-state index contributed by atoms with van der Waals surface area (Å²) < 4.78 is 5.64. The van der Waals surface area contributed by atoms with E-state index in [4.69, 9.17) is 4.74 Å². The van der Waals surface area contributed by atoms with Crippen molar-refractivity contribution in [3.8, 4) is 0 Å². The third kappa shape index (κ3) is 2.91. The van der Waals surface area contributed by atoms with Gasteiger partial charge in [-0.1, -0.05) is 39.3 Å². The van der Waals surface area contributed by atoms with Crippen molar-refractivity contribution in [3.63, 3.8) is 0 Å². The normalized spacial score (nSPS) is 54.5. The summed E-state index contributed by atoms with van der Waals surface area (Å²) in [5.74, 6) is 5.17. The fourth-order valence-corrected chi connectivity index (χ4v) is 10.7. The number of carbonyl (C=O) groups is 1. The minimum absolute atomic E-state index is 0.113. The highest BCUT2D eigenvalue weighted by molar-refractivity contribution is 5.66. The number of hydrogen-bond acceptors (Lipinski definition) is 3. The number of hydrogen-bond donors (Lipinski definition) is 0. The summed E-state index contributed by atoms with van der Waals surface area (Å²) in [6, 6.07) is 1.72. The summed E-state index contributed by atoms with van der Waals surface area (Å²) in [6.45, 7) is 13.3. The lowest BCUT2D eigenvalue weighted by atomic mass is 9.47. The van der Waals surface area contributed by atoms with Crippen LogP contribution < -0.4 is 0 Å². The molecule has 0 radical (unpaired) electrons. The highest BCUT2D eigenvalue weighted by atomic mass is 16.5. The zero-order valence-corrected chi connectivity index (χ0v) is 21.1. The van der Waals surface area contributed by atoms with Gasteiger partial charge in [0, 0.05) is 32.0 Å². The maximum Gasteiger partial charge on any atom is 0.302 e. The largest absolute Gasteiger partial charge is 0.462 e. The third-order valence-corrected chi connectivity index (χ3v) is 12.0. The summed E-state index contributed by atoms with van der Waals surface area (Å²) in [6.07, 6.45) is 14.4. The van der Waals surface area contributed by atoms with Crippen LogP contribution >= 0.6 is 0 Å². The van der Waals surface area contributed by atoms with Gasteiger partial charge in [-0.3, -0.25) is 9.69 Å². The zero-order valence-electron chi connectivity index (χ0n) is 21.1. The maximum absolute atomic E-state index is 11.5. The first-order valence-corrected chi connectivity index (χ1v) is 13.8. The second-order valence-electron chi connectivity index (χ2n) is 13.4. The van der Waals surface area contributed by atoms with Gasteiger partial charge in [0.2, 0.25) is 0 Å². The molecule has 3 heteroatoms. The molecule has 4 aliphatic carbocycles. The second kappa shape index (κ2) is 7.33. The fraction of sp³-hybridized carbons (Fsp3) is 0.897. The molecule has 11 atom stereocenters. The number of rotatable bonds is 1. The molecule has 0 aromatic rings. The van der Waals surface area contributed by atoms with Gasteiger partial charge in [-0.25, -0.2) is 0 Å². The van der Waals surface area contributed by atoms with E-state index in [0.29, 0.717) is 10.8 Å². The van der Waals surface area contributed by atoms with Crippen molar-refractivity contribution in [2.45, 2.75) is 111 Å². The number of nitrogens with zero attached hydrogens (tertiary/aromatic N) is 1. The van der Waals surface area contributed by atoms with Gasteiger partial charge in [-0.05, 0) is 97.7 Å². The van der Waals surface area contributed by atoms with Gasteiger partial charge in [0.05, 0.1) is 0 Å². The Hall–Kier alpha value is -0.830. The molecule has 3 saturated carbocycles. The van der Waals surface area contributed by atoms with Crippen molar-refractivity contribution in [1.29, 1.82) is 0 Å². The first-order chi connectivity index (χ1) is 15.2. The highest BCUT2D eigenvalue weighted by Crippen LogP contribution is 2.69. The van der Waals surface area contributed by atoms with E-state index in [0.717, 1.165) is 60.4 Å². The molecule has 2 aliphatic heterocycles. The van der Waals surface area contributed by atoms with Gasteiger partial charge < -0.3 is 4.74 Å². The Morgan fingerprint density at radius 2 is 1.88 bits per heavy atom. The molecule has 0 N–H and O–H groups in total. The van der Waals surface area contributed by atoms with Crippen LogP contribution in [0.1, 0.15) is 92.4 Å². The Morgan fingerprint density at radius 1 is 1.06 bits per heavy atom. The molecule has 2 saturated heterocycles. The zero-order chi connectivity index (χ0) is 22.4. The SMILES string of the molecule is CC(=O)OC1CC[C@@]2(C)C(=CC[C@H]3[C@@H]4C[C@H]5[C@H]([C@H](C)[C@H]6CC[C@H](C)CN65)[C@@]4(C)CC[C@@H]32)C1. The van der Waals surface area contributed by atoms with E-state index in [9.17, 15) is 4.79 Å². The van der Waals surface area contributed by atoms with Crippen molar-refractivity contribution in [2.75, 3.05) is 6.54 Å². The smallest absolute Gasteiger partial charge is 0.302 e. The van der Waals surface area contributed by atoms with E-state index >= 15 is 0 Å². The Morgan fingerprint density at radius 3 is 2.66 bits per heavy atom. The third-order valence-electron chi connectivity index (χ3n) is 12.0. The van der Waals surface area contributed by atoms with Crippen molar-refractivity contribution >= 4 is 5.97 Å². The van der Waals surface area contributed by atoms with Gasteiger partial charge in [-0.15, -0.1) is 0 Å². The number of ether oxygens (including phenoxy) is 1. The molecule has 0 aromatic carbocycles. The van der Waals surface area contributed by atoms with Crippen LogP contribution in [0.4, 0.5) is 0 Å². The monoisotopic (exact) mass is 439 g/mol. The Balaban J connectivity index is 1.27. The van der Waals surface area contributed by atoms with Crippen LogP contribution in [-0.4, -0.2) is 35.6 Å². The first-order valence-electron chi connectivity index (χ1n) is 13.8. The Labute approximate surface area is 195 Å². The van der Waals surface area contributed by atoms with Crippen molar-refractivity contribution in [1.82, 2.24) is 4.90 Å². The van der Waals surface area contributed by atoms with Crippen molar-refractivity contribution in [3.05, 3.63) is 11.6 Å². The summed E-state index contributed by atoms with van der Waals surface area (Å²) in [5.41, 5.74) is 2.51. The van der Waals surface area contributed by atoms with E-state index in [-0.39, 0.29) is 12.1 Å². The molecule has 0 bridgehead atoms. The van der Waals surface area contributed by atoms with E-state index in [2.05, 4.69) is 38.7 Å². The summed E-state index contributed by atoms with van der Waals surface area (Å²) >= 11 is 0. The lowest BCUT2D eigenvalue weighted by Crippen LogP contribution is -2.51. The van der Waals surface area contributed by atoms with Crippen LogP contribution in [0.15, 0.2) is 11.6 Å². The molecule has 6 rings (SSSR count). The van der Waals surface area contributed by atoms with Gasteiger partial charge >= 0.3 is 5.97 Å². The van der Waals surface area contributed by atoms with Crippen LogP contribution in [0.3, 0.4) is 0 Å². The van der Waals surface area contributed by atoms with Crippen LogP contribution in [-0.2, 0) is 9.53 Å². The molecular weight excluding hydrogens is 394 g/mol. The summed E-state index contributed by atoms with van der Waals surface area (Å²) in [4.78, 5) is 14.5. The first kappa shape index (κ1) is 21.7. The molecular formula is C29H45NO2. The van der Waals surface area contributed by atoms with Crippen LogP contribution in [0.2, 0.25) is 0 Å². The molecule has 6 aliphatic rings. The fourth-order valence-electron chi connectivity index (χ4n) is 10.7. The van der Waals surface area contributed by atoms with Crippen molar-refractivity contribution < 1.29 is 9.53 Å². The molecule has 178 valence electrons. The minimum Gasteiger partial charge on any atom is -0.462 e. The van der Waals surface area contributed by atoms with Gasteiger partial charge in [0.15, 0.2) is 0 Å². The van der Waals surface area contributed by atoms with Crippen molar-refractivity contribution in [2.24, 2.45) is 46.3 Å². The number of fused-ring (bicyclic) bond motifs is 9. The lowest BCUT2D eigenvalue weighted by Gasteiger charge is -2.58. The topological polar surface area (TPSA) is 29.5 Å². The van der Waals surface area contributed by atoms with Gasteiger partial charge in [-0.2, -0.15) is 0 Å². The predicted molar refractivity (Wildman–Crippen MR) is 128 cm³/mol. The molecule has 32 heavy (non-hydrogen) atoms. The van der Waals surface area contributed by atoms with E-state index < -0.39 is 0 Å². The average Bonchev–Trinajstić information content (AvgIpc) is 3.20. The van der Waals surface area contributed by atoms with E-state index in [1.807, 2.05) is 0 Å². The number of allylic oxidation sites excluding steroid dienone is 1. The number of carbonyl (C=O) groups excluding carboxylic acids is 1. The number of piperidine rings is 1. The molecule has 2 heterocycles. The van der Waals surface area contributed by atoms with E-state index in [1.165, 1.54) is 51.5 Å². The second-order valence-corrected chi connectivity index (χ2v) is 13.4.